The molecule has 0 atom stereocenters. The lowest BCUT2D eigenvalue weighted by Gasteiger charge is -2.08. The summed E-state index contributed by atoms with van der Waals surface area (Å²) < 4.78 is 23.8. The third kappa shape index (κ3) is 3.82. The zero-order valence-corrected chi connectivity index (χ0v) is 11.5. The summed E-state index contributed by atoms with van der Waals surface area (Å²) in [6.07, 6.45) is 0.926. The summed E-state index contributed by atoms with van der Waals surface area (Å²) in [6, 6.07) is 7.20. The van der Waals surface area contributed by atoms with Gasteiger partial charge in [0.05, 0.1) is 10.1 Å². The van der Waals surface area contributed by atoms with Gasteiger partial charge in [-0.2, -0.15) is 0 Å². The molecule has 0 radical (unpaired) electrons. The van der Waals surface area contributed by atoms with Crippen molar-refractivity contribution in [1.29, 1.82) is 0 Å². The van der Waals surface area contributed by atoms with Crippen molar-refractivity contribution in [1.82, 2.24) is 5.32 Å². The summed E-state index contributed by atoms with van der Waals surface area (Å²) >= 11 is 0. The van der Waals surface area contributed by atoms with E-state index < -0.39 is 9.84 Å². The normalized spacial score (nSPS) is 12.0. The minimum atomic E-state index is -3.13. The van der Waals surface area contributed by atoms with Crippen LogP contribution in [0.15, 0.2) is 29.2 Å². The first kappa shape index (κ1) is 14.2. The van der Waals surface area contributed by atoms with Crippen molar-refractivity contribution in [3.8, 4) is 0 Å². The average Bonchev–Trinajstić information content (AvgIpc) is 2.30. The predicted molar refractivity (Wildman–Crippen MR) is 71.0 cm³/mol. The third-order valence-electron chi connectivity index (χ3n) is 2.71. The summed E-state index contributed by atoms with van der Waals surface area (Å²) in [7, 11) is -3.13. The van der Waals surface area contributed by atoms with Crippen molar-refractivity contribution >= 4 is 9.84 Å². The van der Waals surface area contributed by atoms with E-state index in [0.29, 0.717) is 4.90 Å². The maximum absolute atomic E-state index is 11.9. The summed E-state index contributed by atoms with van der Waals surface area (Å²) in [4.78, 5) is 0.416. The molecule has 0 heterocycles. The van der Waals surface area contributed by atoms with Crippen LogP contribution in [0.25, 0.3) is 0 Å². The van der Waals surface area contributed by atoms with Crippen molar-refractivity contribution in [2.75, 3.05) is 13.1 Å². The molecule has 0 aliphatic rings. The average molecular weight is 255 g/mol. The van der Waals surface area contributed by atoms with Crippen LogP contribution < -0.4 is 5.32 Å². The molecule has 0 bridgehead atoms. The Morgan fingerprint density at radius 2 is 1.76 bits per heavy atom. The summed E-state index contributed by atoms with van der Waals surface area (Å²) in [5.74, 6) is 0. The molecule has 1 aromatic carbocycles. The summed E-state index contributed by atoms with van der Waals surface area (Å²) in [5, 5.41) is 2.88. The minimum absolute atomic E-state index is 0.366. The fourth-order valence-corrected chi connectivity index (χ4v) is 2.59. The number of hydrogen-bond acceptors (Lipinski definition) is 3. The van der Waals surface area contributed by atoms with Crippen molar-refractivity contribution in [2.45, 2.75) is 37.3 Å². The van der Waals surface area contributed by atoms with Gasteiger partial charge >= 0.3 is 0 Å². The number of hydrogen-bond donors (Lipinski definition) is 1. The highest BCUT2D eigenvalue weighted by Crippen LogP contribution is 2.16. The molecule has 0 unspecified atom stereocenters. The minimum Gasteiger partial charge on any atom is -0.317 e. The van der Waals surface area contributed by atoms with Crippen LogP contribution in [0.5, 0.6) is 0 Å². The summed E-state index contributed by atoms with van der Waals surface area (Å²) in [5.41, 5.74) is 1.16. The SMILES string of the molecule is CCNCCc1ccc(S(=O)(=O)C(C)C)cc1. The molecular weight excluding hydrogens is 234 g/mol. The van der Waals surface area contributed by atoms with Gasteiger partial charge in [-0.25, -0.2) is 8.42 Å². The highest BCUT2D eigenvalue weighted by Gasteiger charge is 2.18. The number of rotatable bonds is 6. The third-order valence-corrected chi connectivity index (χ3v) is 4.88. The zero-order valence-electron chi connectivity index (χ0n) is 10.7. The molecule has 1 rings (SSSR count). The van der Waals surface area contributed by atoms with E-state index in [1.807, 2.05) is 12.1 Å². The Balaban J connectivity index is 2.75. The van der Waals surface area contributed by atoms with E-state index in [9.17, 15) is 8.42 Å². The molecular formula is C13H21NO2S. The van der Waals surface area contributed by atoms with Gasteiger partial charge < -0.3 is 5.32 Å². The Hall–Kier alpha value is -0.870. The van der Waals surface area contributed by atoms with Crippen LogP contribution in [0.3, 0.4) is 0 Å². The van der Waals surface area contributed by atoms with Crippen LogP contribution in [0.4, 0.5) is 0 Å². The molecule has 0 amide bonds. The lowest BCUT2D eigenvalue weighted by atomic mass is 10.1. The molecule has 1 aromatic rings. The second-order valence-corrected chi connectivity index (χ2v) is 6.85. The quantitative estimate of drug-likeness (QED) is 0.791. The van der Waals surface area contributed by atoms with Gasteiger partial charge in [0, 0.05) is 0 Å². The van der Waals surface area contributed by atoms with Gasteiger partial charge in [0.1, 0.15) is 0 Å². The van der Waals surface area contributed by atoms with Gasteiger partial charge in [0.2, 0.25) is 0 Å². The maximum Gasteiger partial charge on any atom is 0.180 e. The fraction of sp³-hybridized carbons (Fsp3) is 0.538. The molecule has 1 N–H and O–H groups in total. The van der Waals surface area contributed by atoms with Gasteiger partial charge in [-0.1, -0.05) is 19.1 Å². The van der Waals surface area contributed by atoms with Crippen molar-refractivity contribution < 1.29 is 8.42 Å². The van der Waals surface area contributed by atoms with E-state index in [4.69, 9.17) is 0 Å². The maximum atomic E-state index is 11.9. The van der Waals surface area contributed by atoms with Crippen molar-refractivity contribution in [3.63, 3.8) is 0 Å². The van der Waals surface area contributed by atoms with Gasteiger partial charge in [0.15, 0.2) is 9.84 Å². The van der Waals surface area contributed by atoms with Gasteiger partial charge in [-0.05, 0) is 51.1 Å². The highest BCUT2D eigenvalue weighted by molar-refractivity contribution is 7.92. The number of likely N-dealkylation sites (N-methyl/N-ethyl adjacent to an activating group) is 1. The largest absolute Gasteiger partial charge is 0.317 e. The first-order valence-corrected chi connectivity index (χ1v) is 7.56. The topological polar surface area (TPSA) is 46.2 Å². The van der Waals surface area contributed by atoms with Crippen molar-refractivity contribution in [3.05, 3.63) is 29.8 Å². The molecule has 0 spiro atoms. The first-order chi connectivity index (χ1) is 7.98. The van der Waals surface area contributed by atoms with Gasteiger partial charge in [0.25, 0.3) is 0 Å². The molecule has 0 fully saturated rings. The number of nitrogens with one attached hydrogen (secondary N) is 1. The number of sulfone groups is 1. The van der Waals surface area contributed by atoms with E-state index in [0.717, 1.165) is 25.1 Å². The first-order valence-electron chi connectivity index (χ1n) is 6.02. The molecule has 4 heteroatoms. The van der Waals surface area contributed by atoms with Crippen LogP contribution in [0.1, 0.15) is 26.3 Å². The fourth-order valence-electron chi connectivity index (χ4n) is 1.53. The lowest BCUT2D eigenvalue weighted by molar-refractivity contribution is 0.587. The van der Waals surface area contributed by atoms with Crippen LogP contribution in [-0.4, -0.2) is 26.8 Å². The van der Waals surface area contributed by atoms with E-state index in [2.05, 4.69) is 12.2 Å². The van der Waals surface area contributed by atoms with Gasteiger partial charge in [-0.3, -0.25) is 0 Å². The van der Waals surface area contributed by atoms with Crippen LogP contribution >= 0.6 is 0 Å². The molecule has 0 saturated carbocycles. The Labute approximate surface area is 104 Å². The van der Waals surface area contributed by atoms with Crippen LogP contribution in [0, 0.1) is 0 Å². The molecule has 17 heavy (non-hydrogen) atoms. The monoisotopic (exact) mass is 255 g/mol. The van der Waals surface area contributed by atoms with Crippen molar-refractivity contribution in [2.24, 2.45) is 0 Å². The second kappa shape index (κ2) is 6.17. The highest BCUT2D eigenvalue weighted by atomic mass is 32.2. The molecule has 3 nitrogen and oxygen atoms in total. The Bertz CT molecular complexity index is 435. The van der Waals surface area contributed by atoms with E-state index in [-0.39, 0.29) is 5.25 Å². The Morgan fingerprint density at radius 1 is 1.18 bits per heavy atom. The Kier molecular flexibility index (Phi) is 5.15. The molecule has 0 aliphatic heterocycles. The summed E-state index contributed by atoms with van der Waals surface area (Å²) in [6.45, 7) is 7.35. The molecule has 0 aliphatic carbocycles. The number of benzene rings is 1. The molecule has 0 aromatic heterocycles. The van der Waals surface area contributed by atoms with E-state index in [1.54, 1.807) is 26.0 Å². The van der Waals surface area contributed by atoms with Gasteiger partial charge in [-0.15, -0.1) is 0 Å². The van der Waals surface area contributed by atoms with E-state index >= 15 is 0 Å². The van der Waals surface area contributed by atoms with Crippen LogP contribution in [0.2, 0.25) is 0 Å². The van der Waals surface area contributed by atoms with Crippen LogP contribution in [-0.2, 0) is 16.3 Å². The molecule has 0 saturated heterocycles. The predicted octanol–water partition coefficient (Wildman–Crippen LogP) is 2.02. The standard InChI is InChI=1S/C13H21NO2S/c1-4-14-10-9-12-5-7-13(8-6-12)17(15,16)11(2)3/h5-8,11,14H,4,9-10H2,1-3H3. The lowest BCUT2D eigenvalue weighted by Crippen LogP contribution is -2.16. The molecule has 96 valence electrons. The zero-order chi connectivity index (χ0) is 12.9. The second-order valence-electron chi connectivity index (χ2n) is 4.34. The van der Waals surface area contributed by atoms with E-state index in [1.165, 1.54) is 0 Å². The smallest absolute Gasteiger partial charge is 0.180 e. The Morgan fingerprint density at radius 3 is 2.24 bits per heavy atom.